The van der Waals surface area contributed by atoms with Crippen LogP contribution in [0, 0.1) is 0 Å². The number of carbonyl (C=O) groups excluding carboxylic acids is 3. The Balaban J connectivity index is 1.61. The van der Waals surface area contributed by atoms with Crippen molar-refractivity contribution in [2.45, 2.75) is 12.5 Å². The predicted octanol–water partition coefficient (Wildman–Crippen LogP) is 2.23. The van der Waals surface area contributed by atoms with Crippen molar-refractivity contribution in [3.05, 3.63) is 54.1 Å². The zero-order valence-electron chi connectivity index (χ0n) is 13.5. The van der Waals surface area contributed by atoms with E-state index >= 15 is 0 Å². The smallest absolute Gasteiger partial charge is 0.337 e. The summed E-state index contributed by atoms with van der Waals surface area (Å²) >= 11 is 0. The van der Waals surface area contributed by atoms with Crippen LogP contribution in [0.2, 0.25) is 0 Å². The number of rotatable bonds is 4. The average molecular weight is 339 g/mol. The summed E-state index contributed by atoms with van der Waals surface area (Å²) in [6.45, 7) is 0. The Morgan fingerprint density at radius 1 is 1.08 bits per heavy atom. The first-order chi connectivity index (χ1) is 12.1. The minimum atomic E-state index is -0.649. The highest BCUT2D eigenvalue weighted by Gasteiger charge is 2.27. The number of ether oxygens (including phenoxy) is 1. The molecule has 0 saturated carbocycles. The van der Waals surface area contributed by atoms with Gasteiger partial charge in [0.2, 0.25) is 11.8 Å². The van der Waals surface area contributed by atoms with Gasteiger partial charge in [0, 0.05) is 5.69 Å². The minimum Gasteiger partial charge on any atom is -0.465 e. The van der Waals surface area contributed by atoms with Crippen LogP contribution in [0.15, 0.2) is 48.5 Å². The van der Waals surface area contributed by atoms with Gasteiger partial charge >= 0.3 is 5.97 Å². The summed E-state index contributed by atoms with van der Waals surface area (Å²) in [7, 11) is 1.30. The number of carbonyl (C=O) groups is 3. The van der Waals surface area contributed by atoms with Crippen LogP contribution in [0.25, 0.3) is 0 Å². The SMILES string of the molecule is COC(=O)c1ccc(NC(=O)C[C@@H]2Nc3ccccc3NC2=O)cc1. The van der Waals surface area contributed by atoms with Gasteiger partial charge in [-0.2, -0.15) is 0 Å². The number of para-hydroxylation sites is 2. The molecule has 1 atom stereocenters. The number of amides is 2. The third-order valence-electron chi connectivity index (χ3n) is 3.81. The van der Waals surface area contributed by atoms with E-state index in [2.05, 4.69) is 20.7 Å². The van der Waals surface area contributed by atoms with Crippen molar-refractivity contribution in [2.24, 2.45) is 0 Å². The highest BCUT2D eigenvalue weighted by Crippen LogP contribution is 2.26. The van der Waals surface area contributed by atoms with Crippen molar-refractivity contribution in [1.29, 1.82) is 0 Å². The molecule has 3 N–H and O–H groups in total. The largest absolute Gasteiger partial charge is 0.465 e. The molecule has 3 rings (SSSR count). The van der Waals surface area contributed by atoms with E-state index in [-0.39, 0.29) is 18.2 Å². The highest BCUT2D eigenvalue weighted by molar-refractivity contribution is 6.06. The lowest BCUT2D eigenvalue weighted by Crippen LogP contribution is -2.41. The van der Waals surface area contributed by atoms with Crippen molar-refractivity contribution < 1.29 is 19.1 Å². The molecular weight excluding hydrogens is 322 g/mol. The van der Waals surface area contributed by atoms with Crippen molar-refractivity contribution in [3.8, 4) is 0 Å². The molecule has 2 amide bonds. The molecular formula is C18H17N3O4. The fraction of sp³-hybridized carbons (Fsp3) is 0.167. The van der Waals surface area contributed by atoms with Crippen molar-refractivity contribution in [2.75, 3.05) is 23.1 Å². The van der Waals surface area contributed by atoms with E-state index in [1.807, 2.05) is 18.2 Å². The molecule has 0 aliphatic carbocycles. The Bertz CT molecular complexity index is 817. The van der Waals surface area contributed by atoms with Gasteiger partial charge in [-0.15, -0.1) is 0 Å². The third kappa shape index (κ3) is 3.77. The van der Waals surface area contributed by atoms with Gasteiger partial charge in [-0.3, -0.25) is 9.59 Å². The van der Waals surface area contributed by atoms with Crippen LogP contribution in [0.4, 0.5) is 17.1 Å². The van der Waals surface area contributed by atoms with E-state index in [0.29, 0.717) is 16.9 Å². The van der Waals surface area contributed by atoms with Crippen molar-refractivity contribution in [1.82, 2.24) is 0 Å². The number of hydrogen-bond donors (Lipinski definition) is 3. The number of anilines is 3. The van der Waals surface area contributed by atoms with E-state index in [9.17, 15) is 14.4 Å². The average Bonchev–Trinajstić information content (AvgIpc) is 2.62. The van der Waals surface area contributed by atoms with Crippen molar-refractivity contribution >= 4 is 34.8 Å². The van der Waals surface area contributed by atoms with Gasteiger partial charge < -0.3 is 20.7 Å². The second kappa shape index (κ2) is 7.04. The topological polar surface area (TPSA) is 96.5 Å². The van der Waals surface area contributed by atoms with Crippen LogP contribution in [-0.2, 0) is 14.3 Å². The summed E-state index contributed by atoms with van der Waals surface area (Å²) < 4.78 is 4.62. The molecule has 0 bridgehead atoms. The number of fused-ring (bicyclic) bond motifs is 1. The van der Waals surface area contributed by atoms with E-state index in [1.165, 1.54) is 7.11 Å². The van der Waals surface area contributed by atoms with Crippen molar-refractivity contribution in [3.63, 3.8) is 0 Å². The van der Waals surface area contributed by atoms with Crippen LogP contribution in [0.1, 0.15) is 16.8 Å². The number of hydrogen-bond acceptors (Lipinski definition) is 5. The molecule has 128 valence electrons. The maximum Gasteiger partial charge on any atom is 0.337 e. The van der Waals surface area contributed by atoms with Crippen LogP contribution in [0.3, 0.4) is 0 Å². The molecule has 0 saturated heterocycles. The summed E-state index contributed by atoms with van der Waals surface area (Å²) in [5, 5.41) is 8.54. The van der Waals surface area contributed by atoms with Gasteiger partial charge in [0.05, 0.1) is 30.5 Å². The van der Waals surface area contributed by atoms with Crippen LogP contribution >= 0.6 is 0 Å². The first-order valence-corrected chi connectivity index (χ1v) is 7.71. The lowest BCUT2D eigenvalue weighted by Gasteiger charge is -2.26. The van der Waals surface area contributed by atoms with E-state index in [1.54, 1.807) is 30.3 Å². The molecule has 0 unspecified atom stereocenters. The fourth-order valence-electron chi connectivity index (χ4n) is 2.54. The normalized spacial score (nSPS) is 15.4. The molecule has 2 aromatic carbocycles. The second-order valence-corrected chi connectivity index (χ2v) is 5.55. The molecule has 0 radical (unpaired) electrons. The first-order valence-electron chi connectivity index (χ1n) is 7.71. The van der Waals surface area contributed by atoms with Crippen LogP contribution < -0.4 is 16.0 Å². The predicted molar refractivity (Wildman–Crippen MR) is 93.5 cm³/mol. The Kier molecular flexibility index (Phi) is 4.65. The fourth-order valence-corrected chi connectivity index (χ4v) is 2.54. The Hall–Kier alpha value is -3.35. The molecule has 7 nitrogen and oxygen atoms in total. The molecule has 0 aromatic heterocycles. The van der Waals surface area contributed by atoms with Gasteiger partial charge in [0.15, 0.2) is 0 Å². The number of esters is 1. The van der Waals surface area contributed by atoms with Gasteiger partial charge in [-0.25, -0.2) is 4.79 Å². The van der Waals surface area contributed by atoms with Gasteiger partial charge in [0.1, 0.15) is 6.04 Å². The Morgan fingerprint density at radius 2 is 1.76 bits per heavy atom. The molecule has 1 aliphatic rings. The number of benzene rings is 2. The quantitative estimate of drug-likeness (QED) is 0.742. The number of methoxy groups -OCH3 is 1. The zero-order chi connectivity index (χ0) is 17.8. The van der Waals surface area contributed by atoms with Gasteiger partial charge in [-0.05, 0) is 36.4 Å². The maximum atomic E-state index is 12.2. The second-order valence-electron chi connectivity index (χ2n) is 5.55. The first kappa shape index (κ1) is 16.5. The Labute approximate surface area is 144 Å². The molecule has 2 aromatic rings. The highest BCUT2D eigenvalue weighted by atomic mass is 16.5. The summed E-state index contributed by atoms with van der Waals surface area (Å²) in [5.74, 6) is -1.01. The molecule has 0 fully saturated rings. The summed E-state index contributed by atoms with van der Waals surface area (Å²) in [5.41, 5.74) is 2.41. The molecule has 0 spiro atoms. The minimum absolute atomic E-state index is 0.0150. The summed E-state index contributed by atoms with van der Waals surface area (Å²) in [6.07, 6.45) is -0.0150. The molecule has 1 heterocycles. The summed E-state index contributed by atoms with van der Waals surface area (Å²) in [4.78, 5) is 35.7. The van der Waals surface area contributed by atoms with E-state index < -0.39 is 12.0 Å². The standard InChI is InChI=1S/C18H17N3O4/c1-25-18(24)11-6-8-12(9-7-11)19-16(22)10-15-17(23)21-14-5-3-2-4-13(14)20-15/h2-9,15,20H,10H2,1H3,(H,19,22)(H,21,23)/t15-/m0/s1. The molecule has 1 aliphatic heterocycles. The molecule has 7 heteroatoms. The summed E-state index contributed by atoms with van der Waals surface area (Å²) in [6, 6.07) is 13.0. The maximum absolute atomic E-state index is 12.2. The van der Waals surface area contributed by atoms with E-state index in [0.717, 1.165) is 5.69 Å². The lowest BCUT2D eigenvalue weighted by atomic mass is 10.1. The van der Waals surface area contributed by atoms with E-state index in [4.69, 9.17) is 0 Å². The van der Waals surface area contributed by atoms with Gasteiger partial charge in [0.25, 0.3) is 0 Å². The lowest BCUT2D eigenvalue weighted by molar-refractivity contribution is -0.122. The van der Waals surface area contributed by atoms with Gasteiger partial charge in [-0.1, -0.05) is 12.1 Å². The van der Waals surface area contributed by atoms with Crippen LogP contribution in [0.5, 0.6) is 0 Å². The Morgan fingerprint density at radius 3 is 2.44 bits per heavy atom. The zero-order valence-corrected chi connectivity index (χ0v) is 13.5. The number of nitrogens with one attached hydrogen (secondary N) is 3. The molecule has 25 heavy (non-hydrogen) atoms. The monoisotopic (exact) mass is 339 g/mol. The third-order valence-corrected chi connectivity index (χ3v) is 3.81. The van der Waals surface area contributed by atoms with Crippen LogP contribution in [-0.4, -0.2) is 30.9 Å².